The van der Waals surface area contributed by atoms with Gasteiger partial charge in [0, 0.05) is 4.32 Å². The van der Waals surface area contributed by atoms with E-state index in [0.717, 1.165) is 36.7 Å². The van der Waals surface area contributed by atoms with E-state index in [4.69, 9.17) is 4.74 Å². The quantitative estimate of drug-likeness (QED) is 0.436. The Kier molecular flexibility index (Phi) is 4.13. The highest BCUT2D eigenvalue weighted by Gasteiger charge is 2.60. The van der Waals surface area contributed by atoms with E-state index in [1.165, 1.54) is 6.42 Å². The van der Waals surface area contributed by atoms with Crippen molar-refractivity contribution >= 4 is 32.9 Å². The van der Waals surface area contributed by atoms with E-state index in [-0.39, 0.29) is 16.1 Å². The van der Waals surface area contributed by atoms with Gasteiger partial charge < -0.3 is 4.74 Å². The Labute approximate surface area is 170 Å². The number of ether oxygens (including phenoxy) is 1. The smallest absolute Gasteiger partial charge is 0.320 e. The number of hydrogen-bond acceptors (Lipinski definition) is 3. The van der Waals surface area contributed by atoms with E-state index < -0.39 is 18.1 Å². The molecule has 2 aromatic rings. The van der Waals surface area contributed by atoms with Crippen molar-refractivity contribution in [1.82, 2.24) is 9.55 Å². The van der Waals surface area contributed by atoms with Crippen molar-refractivity contribution < 1.29 is 18.3 Å². The summed E-state index contributed by atoms with van der Waals surface area (Å²) in [6.45, 7) is -1.10. The number of alkyl halides is 3. The summed E-state index contributed by atoms with van der Waals surface area (Å²) >= 11 is 3.90. The van der Waals surface area contributed by atoms with Crippen molar-refractivity contribution in [2.45, 2.75) is 62.4 Å². The number of carbonyl (C=O) groups is 1. The zero-order valence-electron chi connectivity index (χ0n) is 15.7. The maximum absolute atomic E-state index is 13.7. The molecular formula is C21H23BrF2N2O2. The molecule has 7 heteroatoms. The number of hydrogen-bond donors (Lipinski definition) is 0. The SMILES string of the molecule is CC(OC(=O)C12CC3CC(CC(Br)(C3)C1)C2)c1nc2ccccc2n1C(F)F. The van der Waals surface area contributed by atoms with Crippen molar-refractivity contribution in [3.63, 3.8) is 0 Å². The minimum absolute atomic E-state index is 0.0372. The van der Waals surface area contributed by atoms with Crippen LogP contribution in [0.1, 0.15) is 63.9 Å². The Balaban J connectivity index is 1.43. The first-order valence-corrected chi connectivity index (χ1v) is 10.7. The van der Waals surface area contributed by atoms with Crippen molar-refractivity contribution in [3.05, 3.63) is 30.1 Å². The Morgan fingerprint density at radius 3 is 2.57 bits per heavy atom. The van der Waals surface area contributed by atoms with Crippen LogP contribution in [-0.4, -0.2) is 19.8 Å². The molecule has 6 rings (SSSR count). The summed E-state index contributed by atoms with van der Waals surface area (Å²) < 4.78 is 34.2. The van der Waals surface area contributed by atoms with E-state index >= 15 is 0 Å². The highest BCUT2D eigenvalue weighted by molar-refractivity contribution is 9.10. The number of esters is 1. The number of benzene rings is 1. The van der Waals surface area contributed by atoms with Crippen LogP contribution in [-0.2, 0) is 9.53 Å². The molecular weight excluding hydrogens is 430 g/mol. The fourth-order valence-electron chi connectivity index (χ4n) is 6.28. The zero-order valence-corrected chi connectivity index (χ0v) is 17.3. The molecule has 28 heavy (non-hydrogen) atoms. The zero-order chi connectivity index (χ0) is 19.7. The van der Waals surface area contributed by atoms with Gasteiger partial charge in [-0.25, -0.2) is 4.98 Å². The second-order valence-corrected chi connectivity index (χ2v) is 10.7. The van der Waals surface area contributed by atoms with E-state index in [1.54, 1.807) is 31.2 Å². The minimum Gasteiger partial charge on any atom is -0.454 e. The molecule has 0 N–H and O–H groups in total. The molecule has 4 fully saturated rings. The van der Waals surface area contributed by atoms with Gasteiger partial charge >= 0.3 is 12.5 Å². The summed E-state index contributed by atoms with van der Waals surface area (Å²) in [5.74, 6) is 0.955. The number of carbonyl (C=O) groups excluding carboxylic acids is 1. The van der Waals surface area contributed by atoms with E-state index in [0.29, 0.717) is 22.9 Å². The fraction of sp³-hybridized carbons (Fsp3) is 0.619. The first-order valence-electron chi connectivity index (χ1n) is 9.94. The number of halogens is 3. The van der Waals surface area contributed by atoms with Gasteiger partial charge in [0.1, 0.15) is 0 Å². The van der Waals surface area contributed by atoms with Crippen LogP contribution in [0.25, 0.3) is 11.0 Å². The second kappa shape index (κ2) is 6.25. The number of para-hydroxylation sites is 2. The van der Waals surface area contributed by atoms with Crippen LogP contribution in [0.15, 0.2) is 24.3 Å². The molecule has 3 unspecified atom stereocenters. The predicted molar refractivity (Wildman–Crippen MR) is 104 cm³/mol. The number of nitrogens with zero attached hydrogens (tertiary/aromatic N) is 2. The predicted octanol–water partition coefficient (Wildman–Crippen LogP) is 5.77. The third kappa shape index (κ3) is 2.80. The van der Waals surface area contributed by atoms with Gasteiger partial charge in [-0.1, -0.05) is 28.1 Å². The molecule has 150 valence electrons. The highest BCUT2D eigenvalue weighted by Crippen LogP contribution is 2.64. The standard InChI is InChI=1S/C21H23BrF2N2O2/c1-12(17-25-15-4-2-3-5-16(15)26(17)19(23)24)28-18(27)20-7-13-6-14(8-20)10-21(22,9-13)11-20/h2-5,12-14,19H,6-11H2,1H3. The Morgan fingerprint density at radius 1 is 1.25 bits per heavy atom. The Morgan fingerprint density at radius 2 is 1.93 bits per heavy atom. The molecule has 0 spiro atoms. The molecule has 4 aliphatic carbocycles. The maximum Gasteiger partial charge on any atom is 0.320 e. The molecule has 4 bridgehead atoms. The topological polar surface area (TPSA) is 44.1 Å². The average molecular weight is 453 g/mol. The summed E-state index contributed by atoms with van der Waals surface area (Å²) in [6, 6.07) is 6.77. The average Bonchev–Trinajstić information content (AvgIpc) is 2.99. The first kappa shape index (κ1) is 18.5. The van der Waals surface area contributed by atoms with E-state index in [2.05, 4.69) is 20.9 Å². The minimum atomic E-state index is -2.74. The summed E-state index contributed by atoms with van der Waals surface area (Å²) in [5, 5.41) is 0. The van der Waals surface area contributed by atoms with Crippen LogP contribution in [0.3, 0.4) is 0 Å². The van der Waals surface area contributed by atoms with Crippen LogP contribution in [0.4, 0.5) is 8.78 Å². The monoisotopic (exact) mass is 452 g/mol. The van der Waals surface area contributed by atoms with Crippen molar-refractivity contribution in [3.8, 4) is 0 Å². The number of fused-ring (bicyclic) bond motifs is 1. The first-order chi connectivity index (χ1) is 13.3. The number of imidazole rings is 1. The second-order valence-electron chi connectivity index (χ2n) is 9.05. The molecule has 1 heterocycles. The van der Waals surface area contributed by atoms with Crippen LogP contribution in [0, 0.1) is 17.3 Å². The lowest BCUT2D eigenvalue weighted by Crippen LogP contribution is -2.56. The van der Waals surface area contributed by atoms with Gasteiger partial charge in [0.2, 0.25) is 0 Å². The van der Waals surface area contributed by atoms with Crippen LogP contribution in [0.2, 0.25) is 0 Å². The van der Waals surface area contributed by atoms with Gasteiger partial charge in [0.15, 0.2) is 11.9 Å². The third-order valence-corrected chi connectivity index (χ3v) is 7.82. The molecule has 4 nitrogen and oxygen atoms in total. The van der Waals surface area contributed by atoms with E-state index in [9.17, 15) is 13.6 Å². The molecule has 0 aliphatic heterocycles. The van der Waals surface area contributed by atoms with Gasteiger partial charge in [0.25, 0.3) is 0 Å². The normalized spacial score (nSPS) is 34.9. The molecule has 0 amide bonds. The van der Waals surface area contributed by atoms with Gasteiger partial charge in [-0.2, -0.15) is 8.78 Å². The van der Waals surface area contributed by atoms with Crippen molar-refractivity contribution in [2.24, 2.45) is 17.3 Å². The molecule has 1 aromatic heterocycles. The Bertz CT molecular complexity index is 930. The third-order valence-electron chi connectivity index (χ3n) is 6.89. The lowest BCUT2D eigenvalue weighted by atomic mass is 9.49. The van der Waals surface area contributed by atoms with Gasteiger partial charge in [-0.3, -0.25) is 9.36 Å². The molecule has 0 saturated heterocycles. The van der Waals surface area contributed by atoms with Crippen LogP contribution < -0.4 is 0 Å². The molecule has 4 aliphatic rings. The van der Waals surface area contributed by atoms with Gasteiger partial charge in [-0.05, 0) is 69.4 Å². The number of rotatable bonds is 4. The number of aromatic nitrogens is 2. The maximum atomic E-state index is 13.7. The lowest BCUT2D eigenvalue weighted by Gasteiger charge is -2.58. The summed E-state index contributed by atoms with van der Waals surface area (Å²) in [6.07, 6.45) is 5.10. The van der Waals surface area contributed by atoms with Crippen LogP contribution in [0.5, 0.6) is 0 Å². The van der Waals surface area contributed by atoms with Crippen molar-refractivity contribution in [1.29, 1.82) is 0 Å². The molecule has 4 saturated carbocycles. The molecule has 1 aromatic carbocycles. The molecule has 0 radical (unpaired) electrons. The van der Waals surface area contributed by atoms with E-state index in [1.807, 2.05) is 0 Å². The summed E-state index contributed by atoms with van der Waals surface area (Å²) in [5.41, 5.74) is 0.350. The van der Waals surface area contributed by atoms with Gasteiger partial charge in [-0.15, -0.1) is 0 Å². The summed E-state index contributed by atoms with van der Waals surface area (Å²) in [4.78, 5) is 17.6. The Hall–Kier alpha value is -1.50. The van der Waals surface area contributed by atoms with Gasteiger partial charge in [0.05, 0.1) is 16.4 Å². The fourth-order valence-corrected chi connectivity index (χ4v) is 7.74. The van der Waals surface area contributed by atoms with Crippen LogP contribution >= 0.6 is 15.9 Å². The lowest BCUT2D eigenvalue weighted by molar-refractivity contribution is -0.175. The summed E-state index contributed by atoms with van der Waals surface area (Å²) in [7, 11) is 0. The molecule has 3 atom stereocenters. The largest absolute Gasteiger partial charge is 0.454 e. The van der Waals surface area contributed by atoms with Crippen molar-refractivity contribution in [2.75, 3.05) is 0 Å². The highest BCUT2D eigenvalue weighted by atomic mass is 79.9.